The van der Waals surface area contributed by atoms with Crippen LogP contribution in [0.4, 0.5) is 5.69 Å². The van der Waals surface area contributed by atoms with E-state index in [1.807, 2.05) is 0 Å². The average Bonchev–Trinajstić information content (AvgIpc) is 2.86. The van der Waals surface area contributed by atoms with Crippen molar-refractivity contribution in [1.29, 1.82) is 0 Å². The summed E-state index contributed by atoms with van der Waals surface area (Å²) in [6.45, 7) is 2.03. The molecule has 0 saturated carbocycles. The number of amidine groups is 1. The maximum Gasteiger partial charge on any atom is 0.241 e. The van der Waals surface area contributed by atoms with Gasteiger partial charge in [0.15, 0.2) is 0 Å². The summed E-state index contributed by atoms with van der Waals surface area (Å²) in [6.07, 6.45) is 0. The van der Waals surface area contributed by atoms with Crippen molar-refractivity contribution in [2.24, 2.45) is 4.99 Å². The smallest absolute Gasteiger partial charge is 0.241 e. The molecular formula is C10H11N3O2S. The highest BCUT2D eigenvalue weighted by molar-refractivity contribution is 8.06. The monoisotopic (exact) mass is 237 g/mol. The fourth-order valence-electron chi connectivity index (χ4n) is 1.95. The van der Waals surface area contributed by atoms with Crippen LogP contribution in [0.1, 0.15) is 0 Å². The molecule has 1 aromatic carbocycles. The van der Waals surface area contributed by atoms with Crippen molar-refractivity contribution in [3.05, 3.63) is 24.3 Å². The molecule has 0 aromatic heterocycles. The lowest BCUT2D eigenvalue weighted by atomic mass is 10.3. The Bertz CT molecular complexity index is 559. The summed E-state index contributed by atoms with van der Waals surface area (Å²) in [6, 6.07) is 6.84. The Labute approximate surface area is 93.7 Å². The molecule has 2 aliphatic rings. The number of hydrogen-bond donors (Lipinski definition) is 1. The maximum atomic E-state index is 12.2. The second kappa shape index (κ2) is 3.29. The van der Waals surface area contributed by atoms with Crippen LogP contribution in [0.2, 0.25) is 0 Å². The lowest BCUT2D eigenvalue weighted by Crippen LogP contribution is -2.33. The molecule has 6 heteroatoms. The van der Waals surface area contributed by atoms with Gasteiger partial charge in [-0.15, -0.1) is 0 Å². The largest absolute Gasteiger partial charge is 0.333 e. The zero-order valence-electron chi connectivity index (χ0n) is 8.55. The summed E-state index contributed by atoms with van der Waals surface area (Å²) in [4.78, 5) is 6.28. The molecule has 84 valence electrons. The van der Waals surface area contributed by atoms with Gasteiger partial charge >= 0.3 is 0 Å². The molecule has 0 radical (unpaired) electrons. The van der Waals surface area contributed by atoms with Gasteiger partial charge in [0.2, 0.25) is 15.0 Å². The minimum Gasteiger partial charge on any atom is -0.333 e. The van der Waals surface area contributed by atoms with Crippen molar-refractivity contribution in [3.63, 3.8) is 0 Å². The molecule has 1 fully saturated rings. The summed E-state index contributed by atoms with van der Waals surface area (Å²) in [5, 5.41) is 3.27. The number of sulfone groups is 1. The summed E-state index contributed by atoms with van der Waals surface area (Å²) < 4.78 is 24.3. The molecule has 2 aliphatic heterocycles. The quantitative estimate of drug-likeness (QED) is 0.706. The lowest BCUT2D eigenvalue weighted by Gasteiger charge is -2.14. The molecule has 2 heterocycles. The first kappa shape index (κ1) is 9.80. The fourth-order valence-corrected chi connectivity index (χ4v) is 3.51. The highest BCUT2D eigenvalue weighted by atomic mass is 32.2. The molecule has 3 rings (SSSR count). The predicted octanol–water partition coefficient (Wildman–Crippen LogP) is 0.324. The maximum absolute atomic E-state index is 12.2. The molecular weight excluding hydrogens is 226 g/mol. The molecule has 0 unspecified atom stereocenters. The Balaban J connectivity index is 2.11. The van der Waals surface area contributed by atoms with Crippen molar-refractivity contribution in [3.8, 4) is 0 Å². The minimum atomic E-state index is -3.39. The predicted molar refractivity (Wildman–Crippen MR) is 60.3 cm³/mol. The van der Waals surface area contributed by atoms with E-state index >= 15 is 0 Å². The summed E-state index contributed by atoms with van der Waals surface area (Å²) in [5.74, 6) is 0. The first-order chi connectivity index (χ1) is 7.69. The fraction of sp³-hybridized carbons (Fsp3) is 0.300. The van der Waals surface area contributed by atoms with Gasteiger partial charge in [0, 0.05) is 13.1 Å². The Morgan fingerprint density at radius 2 is 2.12 bits per heavy atom. The first-order valence-corrected chi connectivity index (χ1v) is 6.56. The minimum absolute atomic E-state index is 0.179. The van der Waals surface area contributed by atoms with E-state index in [9.17, 15) is 8.42 Å². The summed E-state index contributed by atoms with van der Waals surface area (Å²) >= 11 is 0. The van der Waals surface area contributed by atoms with Gasteiger partial charge in [0.1, 0.15) is 4.90 Å². The second-order valence-corrected chi connectivity index (χ2v) is 5.60. The number of nitrogens with zero attached hydrogens (tertiary/aromatic N) is 2. The van der Waals surface area contributed by atoms with Gasteiger partial charge in [0.05, 0.1) is 12.4 Å². The molecule has 0 bridgehead atoms. The molecule has 0 aliphatic carbocycles. The number of para-hydroxylation sites is 1. The van der Waals surface area contributed by atoms with E-state index in [0.29, 0.717) is 23.8 Å². The number of nitrogens with one attached hydrogen (secondary N) is 1. The van der Waals surface area contributed by atoms with Crippen LogP contribution in [0.3, 0.4) is 0 Å². The van der Waals surface area contributed by atoms with E-state index in [1.54, 1.807) is 29.2 Å². The Kier molecular flexibility index (Phi) is 2.02. The molecule has 16 heavy (non-hydrogen) atoms. The molecule has 0 amide bonds. The van der Waals surface area contributed by atoms with Gasteiger partial charge in [-0.1, -0.05) is 12.1 Å². The van der Waals surface area contributed by atoms with Crippen molar-refractivity contribution in [1.82, 2.24) is 10.2 Å². The Morgan fingerprint density at radius 3 is 2.81 bits per heavy atom. The first-order valence-electron chi connectivity index (χ1n) is 5.08. The summed E-state index contributed by atoms with van der Waals surface area (Å²) in [5.41, 5.74) is 0.546. The van der Waals surface area contributed by atoms with Gasteiger partial charge in [-0.25, -0.2) is 13.4 Å². The standard InChI is InChI=1S/C10H11N3O2S/c14-16(15)9-4-2-1-3-8(9)12-10(16)13-6-5-11-7-13/h1-4,11H,5-7H2. The Morgan fingerprint density at radius 1 is 1.31 bits per heavy atom. The van der Waals surface area contributed by atoms with E-state index in [1.165, 1.54) is 0 Å². The molecule has 1 saturated heterocycles. The van der Waals surface area contributed by atoms with E-state index in [4.69, 9.17) is 0 Å². The number of rotatable bonds is 0. The zero-order valence-corrected chi connectivity index (χ0v) is 9.37. The number of hydrogen-bond acceptors (Lipinski definition) is 5. The van der Waals surface area contributed by atoms with E-state index in [2.05, 4.69) is 10.3 Å². The van der Waals surface area contributed by atoms with Crippen LogP contribution in [0.15, 0.2) is 34.2 Å². The third kappa shape index (κ3) is 1.27. The van der Waals surface area contributed by atoms with Gasteiger partial charge < -0.3 is 4.90 Å². The number of aliphatic imine (C=N–C) groups is 1. The van der Waals surface area contributed by atoms with Crippen LogP contribution >= 0.6 is 0 Å². The topological polar surface area (TPSA) is 61.8 Å². The number of fused-ring (bicyclic) bond motifs is 1. The van der Waals surface area contributed by atoms with Gasteiger partial charge in [-0.2, -0.15) is 0 Å². The van der Waals surface area contributed by atoms with E-state index in [-0.39, 0.29) is 5.17 Å². The van der Waals surface area contributed by atoms with Crippen LogP contribution in [-0.2, 0) is 9.84 Å². The van der Waals surface area contributed by atoms with Crippen LogP contribution < -0.4 is 5.32 Å². The zero-order chi connectivity index (χ0) is 11.2. The molecule has 0 spiro atoms. The third-order valence-corrected chi connectivity index (χ3v) is 4.50. The highest BCUT2D eigenvalue weighted by Crippen LogP contribution is 2.33. The lowest BCUT2D eigenvalue weighted by molar-refractivity contribution is 0.514. The van der Waals surface area contributed by atoms with Gasteiger partial charge in [-0.05, 0) is 12.1 Å². The molecule has 1 aromatic rings. The van der Waals surface area contributed by atoms with Crippen molar-refractivity contribution < 1.29 is 8.42 Å². The van der Waals surface area contributed by atoms with Crippen molar-refractivity contribution >= 4 is 20.7 Å². The van der Waals surface area contributed by atoms with Gasteiger partial charge in [0.25, 0.3) is 0 Å². The average molecular weight is 237 g/mol. The molecule has 5 nitrogen and oxygen atoms in total. The van der Waals surface area contributed by atoms with E-state index < -0.39 is 9.84 Å². The molecule has 0 atom stereocenters. The normalized spacial score (nSPS) is 22.0. The SMILES string of the molecule is O=S1(=O)C(N2CCNC2)=Nc2ccccc21. The summed E-state index contributed by atoms with van der Waals surface area (Å²) in [7, 11) is -3.39. The van der Waals surface area contributed by atoms with Crippen LogP contribution in [-0.4, -0.2) is 38.2 Å². The molecule has 1 N–H and O–H groups in total. The Hall–Kier alpha value is -1.40. The van der Waals surface area contributed by atoms with Crippen LogP contribution in [0.25, 0.3) is 0 Å². The number of benzene rings is 1. The van der Waals surface area contributed by atoms with Crippen LogP contribution in [0, 0.1) is 0 Å². The highest BCUT2D eigenvalue weighted by Gasteiger charge is 2.36. The van der Waals surface area contributed by atoms with Gasteiger partial charge in [-0.3, -0.25) is 5.32 Å². The third-order valence-electron chi connectivity index (χ3n) is 2.74. The van der Waals surface area contributed by atoms with E-state index in [0.717, 1.165) is 6.54 Å². The van der Waals surface area contributed by atoms with Crippen molar-refractivity contribution in [2.75, 3.05) is 19.8 Å². The van der Waals surface area contributed by atoms with Crippen molar-refractivity contribution in [2.45, 2.75) is 4.90 Å². The second-order valence-electron chi connectivity index (χ2n) is 3.79. The van der Waals surface area contributed by atoms with Crippen LogP contribution in [0.5, 0.6) is 0 Å².